The highest BCUT2D eigenvalue weighted by molar-refractivity contribution is 7.99. The van der Waals surface area contributed by atoms with Crippen molar-refractivity contribution in [3.63, 3.8) is 0 Å². The number of anilines is 3. The number of likely N-dealkylation sites (tertiary alicyclic amines) is 2. The molecule has 2 fully saturated rings. The maximum absolute atomic E-state index is 13.4. The summed E-state index contributed by atoms with van der Waals surface area (Å²) in [5, 5.41) is 13.8. The molecule has 2 aliphatic heterocycles. The van der Waals surface area contributed by atoms with Crippen LogP contribution in [0.15, 0.2) is 58.7 Å². The van der Waals surface area contributed by atoms with E-state index in [1.165, 1.54) is 11.8 Å². The molecule has 2 amide bonds. The zero-order valence-corrected chi connectivity index (χ0v) is 23.8. The summed E-state index contributed by atoms with van der Waals surface area (Å²) < 4.78 is 28.7. The second-order valence-corrected chi connectivity index (χ2v) is 11.7. The number of carbonyl (C=O) groups excluding carboxylic acids is 2. The average molecular weight is 596 g/mol. The normalized spacial score (nSPS) is 18.8. The van der Waals surface area contributed by atoms with Crippen LogP contribution < -0.4 is 10.6 Å². The van der Waals surface area contributed by atoms with Crippen molar-refractivity contribution in [1.82, 2.24) is 34.4 Å². The van der Waals surface area contributed by atoms with Crippen molar-refractivity contribution in [3.8, 4) is 0 Å². The lowest BCUT2D eigenvalue weighted by Crippen LogP contribution is -2.45. The summed E-state index contributed by atoms with van der Waals surface area (Å²) in [4.78, 5) is 39.2. The molecule has 1 aromatic carbocycles. The SMILES string of the molecule is Cc1cc(Nc2nc(Sc3ccc(NC(=O)CN4CCC(C(=O)N5CCC(F)(F)CC5)C4)cc3)nc3cccn23)n[nH]1. The number of halogens is 2. The predicted octanol–water partition coefficient (Wildman–Crippen LogP) is 4.17. The highest BCUT2D eigenvalue weighted by Crippen LogP contribution is 2.30. The van der Waals surface area contributed by atoms with Gasteiger partial charge >= 0.3 is 0 Å². The number of aryl methyl sites for hydroxylation is 1. The van der Waals surface area contributed by atoms with Crippen LogP contribution in [0, 0.1) is 12.8 Å². The van der Waals surface area contributed by atoms with Crippen LogP contribution in [-0.2, 0) is 9.59 Å². The Morgan fingerprint density at radius 1 is 1.12 bits per heavy atom. The van der Waals surface area contributed by atoms with Gasteiger partial charge in [-0.2, -0.15) is 10.1 Å². The van der Waals surface area contributed by atoms with Crippen LogP contribution >= 0.6 is 11.8 Å². The van der Waals surface area contributed by atoms with Crippen LogP contribution in [-0.4, -0.2) is 84.8 Å². The zero-order valence-electron chi connectivity index (χ0n) is 23.0. The first kappa shape index (κ1) is 28.1. The molecular formula is C28H31F2N9O2S. The van der Waals surface area contributed by atoms with Crippen molar-refractivity contribution >= 4 is 46.7 Å². The molecule has 2 saturated heterocycles. The largest absolute Gasteiger partial charge is 0.342 e. The minimum Gasteiger partial charge on any atom is -0.342 e. The topological polar surface area (TPSA) is 124 Å². The summed E-state index contributed by atoms with van der Waals surface area (Å²) in [6.45, 7) is 3.34. The van der Waals surface area contributed by atoms with Crippen molar-refractivity contribution in [2.24, 2.45) is 5.92 Å². The Hall–Kier alpha value is -4.04. The smallest absolute Gasteiger partial charge is 0.251 e. The first-order chi connectivity index (χ1) is 20.2. The average Bonchev–Trinajstić information content (AvgIpc) is 3.71. The Morgan fingerprint density at radius 3 is 2.64 bits per heavy atom. The molecule has 0 radical (unpaired) electrons. The lowest BCUT2D eigenvalue weighted by atomic mass is 10.0. The number of aromatic amines is 1. The number of rotatable bonds is 8. The monoisotopic (exact) mass is 595 g/mol. The second-order valence-electron chi connectivity index (χ2n) is 10.7. The fourth-order valence-electron chi connectivity index (χ4n) is 5.25. The van der Waals surface area contributed by atoms with Crippen LogP contribution in [0.4, 0.5) is 26.2 Å². The van der Waals surface area contributed by atoms with Gasteiger partial charge < -0.3 is 15.5 Å². The Kier molecular flexibility index (Phi) is 7.82. The zero-order chi connectivity index (χ0) is 29.3. The minimum atomic E-state index is -2.68. The van der Waals surface area contributed by atoms with Gasteiger partial charge in [-0.15, -0.1) is 0 Å². The summed E-state index contributed by atoms with van der Waals surface area (Å²) in [7, 11) is 0. The van der Waals surface area contributed by atoms with Gasteiger partial charge in [0.2, 0.25) is 17.8 Å². The number of nitrogens with zero attached hydrogens (tertiary/aromatic N) is 6. The number of carbonyl (C=O) groups is 2. The summed E-state index contributed by atoms with van der Waals surface area (Å²) in [6, 6.07) is 13.1. The van der Waals surface area contributed by atoms with Crippen LogP contribution in [0.25, 0.3) is 5.65 Å². The van der Waals surface area contributed by atoms with Gasteiger partial charge in [-0.1, -0.05) is 0 Å². The minimum absolute atomic E-state index is 0.0827. The molecule has 1 atom stereocenters. The summed E-state index contributed by atoms with van der Waals surface area (Å²) in [5.74, 6) is -1.95. The van der Waals surface area contributed by atoms with Gasteiger partial charge in [-0.25, -0.2) is 13.8 Å². The molecule has 2 aliphatic rings. The van der Waals surface area contributed by atoms with E-state index < -0.39 is 5.92 Å². The second kappa shape index (κ2) is 11.7. The van der Waals surface area contributed by atoms with Crippen molar-refractivity contribution in [2.75, 3.05) is 43.4 Å². The first-order valence-electron chi connectivity index (χ1n) is 13.8. The summed E-state index contributed by atoms with van der Waals surface area (Å²) >= 11 is 1.40. The highest BCUT2D eigenvalue weighted by atomic mass is 32.2. The molecule has 0 aliphatic carbocycles. The molecule has 3 aromatic heterocycles. The number of fused-ring (bicyclic) bond motifs is 1. The Balaban J connectivity index is 1.01. The molecule has 0 bridgehead atoms. The number of H-pyrrole nitrogens is 1. The van der Waals surface area contributed by atoms with Crippen molar-refractivity contribution in [3.05, 3.63) is 54.4 Å². The first-order valence-corrected chi connectivity index (χ1v) is 14.6. The number of aromatic nitrogens is 5. The number of hydrogen-bond donors (Lipinski definition) is 3. The fourth-order valence-corrected chi connectivity index (χ4v) is 6.00. The highest BCUT2D eigenvalue weighted by Gasteiger charge is 2.39. The van der Waals surface area contributed by atoms with Crippen LogP contribution in [0.2, 0.25) is 0 Å². The van der Waals surface area contributed by atoms with Gasteiger partial charge in [0.05, 0.1) is 12.5 Å². The van der Waals surface area contributed by atoms with Crippen molar-refractivity contribution in [2.45, 2.75) is 42.2 Å². The molecule has 42 heavy (non-hydrogen) atoms. The lowest BCUT2D eigenvalue weighted by molar-refractivity contribution is -0.141. The molecule has 4 aromatic rings. The maximum Gasteiger partial charge on any atom is 0.251 e. The van der Waals surface area contributed by atoms with Crippen molar-refractivity contribution < 1.29 is 18.4 Å². The Labute approximate surface area is 245 Å². The number of alkyl halides is 2. The third-order valence-corrected chi connectivity index (χ3v) is 8.33. The molecule has 1 unspecified atom stereocenters. The maximum atomic E-state index is 13.4. The van der Waals surface area contributed by atoms with E-state index in [4.69, 9.17) is 0 Å². The van der Waals surface area contributed by atoms with E-state index >= 15 is 0 Å². The molecule has 0 spiro atoms. The van der Waals surface area contributed by atoms with Gasteiger partial charge in [0.25, 0.3) is 5.92 Å². The van der Waals surface area contributed by atoms with E-state index in [0.29, 0.717) is 42.1 Å². The summed E-state index contributed by atoms with van der Waals surface area (Å²) in [5.41, 5.74) is 2.33. The lowest BCUT2D eigenvalue weighted by Gasteiger charge is -2.33. The van der Waals surface area contributed by atoms with E-state index in [1.54, 1.807) is 4.90 Å². The van der Waals surface area contributed by atoms with E-state index in [-0.39, 0.29) is 50.2 Å². The van der Waals surface area contributed by atoms with Crippen LogP contribution in [0.3, 0.4) is 0 Å². The molecule has 14 heteroatoms. The Bertz CT molecular complexity index is 1580. The van der Waals surface area contributed by atoms with Gasteiger partial charge in [0.15, 0.2) is 11.0 Å². The van der Waals surface area contributed by atoms with Crippen molar-refractivity contribution in [1.29, 1.82) is 0 Å². The third kappa shape index (κ3) is 6.54. The molecule has 220 valence electrons. The van der Waals surface area contributed by atoms with Gasteiger partial charge in [-0.3, -0.25) is 24.0 Å². The molecule has 11 nitrogen and oxygen atoms in total. The standard InChI is InChI=1S/C28H31F2N9O2S/c1-18-15-22(36-35-18)32-26-34-27(33-23-3-2-11-39(23)26)42-21-6-4-20(5-7-21)31-24(40)17-37-12-8-19(16-37)25(41)38-13-9-28(29,30)10-14-38/h2-7,11,15,19H,8-10,12-14,16-17H2,1H3,(H,31,40)(H2,32,33,34,35,36). The number of hydrogen-bond acceptors (Lipinski definition) is 8. The fraction of sp³-hybridized carbons (Fsp3) is 0.393. The molecule has 6 rings (SSSR count). The summed E-state index contributed by atoms with van der Waals surface area (Å²) in [6.07, 6.45) is 1.94. The quantitative estimate of drug-likeness (QED) is 0.277. The predicted molar refractivity (Wildman–Crippen MR) is 154 cm³/mol. The molecule has 0 saturated carbocycles. The number of piperidine rings is 1. The third-order valence-electron chi connectivity index (χ3n) is 7.46. The van der Waals surface area contributed by atoms with Gasteiger partial charge in [0, 0.05) is 61.0 Å². The van der Waals surface area contributed by atoms with E-state index in [1.807, 2.05) is 64.9 Å². The van der Waals surface area contributed by atoms with Gasteiger partial charge in [-0.05, 0) is 68.0 Å². The van der Waals surface area contributed by atoms with Crippen LogP contribution in [0.1, 0.15) is 25.0 Å². The number of benzene rings is 1. The number of amides is 2. The van der Waals surface area contributed by atoms with Crippen LogP contribution in [0.5, 0.6) is 0 Å². The van der Waals surface area contributed by atoms with Gasteiger partial charge in [0.1, 0.15) is 5.65 Å². The molecule has 3 N–H and O–H groups in total. The van der Waals surface area contributed by atoms with E-state index in [0.717, 1.165) is 16.2 Å². The Morgan fingerprint density at radius 2 is 1.90 bits per heavy atom. The van der Waals surface area contributed by atoms with E-state index in [2.05, 4.69) is 30.8 Å². The molecule has 5 heterocycles. The van der Waals surface area contributed by atoms with E-state index in [9.17, 15) is 18.4 Å². The molecular weight excluding hydrogens is 564 g/mol. The number of nitrogens with one attached hydrogen (secondary N) is 3.